The quantitative estimate of drug-likeness (QED) is 0.691. The van der Waals surface area contributed by atoms with Crippen LogP contribution < -0.4 is 0 Å². The Morgan fingerprint density at radius 2 is 1.73 bits per heavy atom. The second kappa shape index (κ2) is 4.13. The van der Waals surface area contributed by atoms with Crippen molar-refractivity contribution in [2.24, 2.45) is 5.92 Å². The topological polar surface area (TPSA) is 40.5 Å². The van der Waals surface area contributed by atoms with Gasteiger partial charge in [0.15, 0.2) is 0 Å². The van der Waals surface area contributed by atoms with E-state index >= 15 is 0 Å². The lowest BCUT2D eigenvalue weighted by Gasteiger charge is -2.26. The first-order chi connectivity index (χ1) is 7.16. The molecule has 1 aliphatic rings. The van der Waals surface area contributed by atoms with Crippen LogP contribution in [0.25, 0.3) is 0 Å². The molecule has 0 saturated heterocycles. The van der Waals surface area contributed by atoms with Gasteiger partial charge >= 0.3 is 0 Å². The molecule has 1 aliphatic carbocycles. The Kier molecular flexibility index (Phi) is 2.85. The Hall–Kier alpha value is -1.18. The van der Waals surface area contributed by atoms with E-state index in [1.807, 2.05) is 0 Å². The van der Waals surface area contributed by atoms with E-state index in [1.54, 1.807) is 12.1 Å². The van der Waals surface area contributed by atoms with Crippen LogP contribution in [0, 0.1) is 5.92 Å². The lowest BCUT2D eigenvalue weighted by Crippen LogP contribution is -2.10. The molecule has 0 amide bonds. The molecule has 0 radical (unpaired) electrons. The molecule has 1 aromatic carbocycles. The van der Waals surface area contributed by atoms with Gasteiger partial charge in [-0.15, -0.1) is 0 Å². The van der Waals surface area contributed by atoms with Gasteiger partial charge in [-0.3, -0.25) is 0 Å². The van der Waals surface area contributed by atoms with E-state index in [0.717, 1.165) is 24.3 Å². The van der Waals surface area contributed by atoms with Crippen LogP contribution in [0.4, 0.5) is 0 Å². The van der Waals surface area contributed by atoms with Gasteiger partial charge in [-0.1, -0.05) is 19.8 Å². The molecule has 1 fully saturated rings. The fourth-order valence-electron chi connectivity index (χ4n) is 2.44. The van der Waals surface area contributed by atoms with Crippen LogP contribution in [0.1, 0.15) is 44.1 Å². The number of hydrogen-bond acceptors (Lipinski definition) is 2. The second-order valence-electron chi connectivity index (χ2n) is 4.70. The van der Waals surface area contributed by atoms with Gasteiger partial charge in [0.1, 0.15) is 11.5 Å². The van der Waals surface area contributed by atoms with Crippen molar-refractivity contribution in [1.82, 2.24) is 0 Å². The molecule has 0 spiro atoms. The van der Waals surface area contributed by atoms with Crippen LogP contribution in [-0.4, -0.2) is 10.2 Å². The molecule has 0 unspecified atom stereocenters. The summed E-state index contributed by atoms with van der Waals surface area (Å²) < 4.78 is 0. The zero-order chi connectivity index (χ0) is 10.8. The number of benzene rings is 1. The molecular weight excluding hydrogens is 188 g/mol. The molecule has 1 saturated carbocycles. The van der Waals surface area contributed by atoms with E-state index in [9.17, 15) is 10.2 Å². The minimum absolute atomic E-state index is 0.251. The van der Waals surface area contributed by atoms with Crippen LogP contribution >= 0.6 is 0 Å². The summed E-state index contributed by atoms with van der Waals surface area (Å²) in [5.41, 5.74) is 0.918. The van der Waals surface area contributed by atoms with Gasteiger partial charge in [-0.25, -0.2) is 0 Å². The lowest BCUT2D eigenvalue weighted by molar-refractivity contribution is 0.339. The molecule has 2 rings (SSSR count). The summed E-state index contributed by atoms with van der Waals surface area (Å²) in [7, 11) is 0. The maximum Gasteiger partial charge on any atom is 0.119 e. The minimum Gasteiger partial charge on any atom is -0.508 e. The third kappa shape index (κ3) is 2.25. The van der Waals surface area contributed by atoms with Gasteiger partial charge < -0.3 is 10.2 Å². The molecular formula is C13H18O2. The number of hydrogen-bond donors (Lipinski definition) is 2. The standard InChI is InChI=1S/C13H18O2/c1-9-2-4-10(5-3-9)12-8-11(14)6-7-13(12)15/h6-10,14-15H,2-5H2,1H3. The molecule has 0 heterocycles. The Bertz CT molecular complexity index is 338. The van der Waals surface area contributed by atoms with Crippen LogP contribution in [-0.2, 0) is 0 Å². The van der Waals surface area contributed by atoms with Crippen LogP contribution in [0.2, 0.25) is 0 Å². The smallest absolute Gasteiger partial charge is 0.119 e. The molecule has 2 nitrogen and oxygen atoms in total. The second-order valence-corrected chi connectivity index (χ2v) is 4.70. The first-order valence-electron chi connectivity index (χ1n) is 5.68. The number of phenolic OH excluding ortho intramolecular Hbond substituents is 2. The predicted molar refractivity (Wildman–Crippen MR) is 60.1 cm³/mol. The van der Waals surface area contributed by atoms with Gasteiger partial charge in [0.2, 0.25) is 0 Å². The van der Waals surface area contributed by atoms with E-state index in [-0.39, 0.29) is 5.75 Å². The molecule has 82 valence electrons. The molecule has 0 atom stereocenters. The van der Waals surface area contributed by atoms with E-state index in [1.165, 1.54) is 18.9 Å². The van der Waals surface area contributed by atoms with Crippen molar-refractivity contribution in [3.63, 3.8) is 0 Å². The summed E-state index contributed by atoms with van der Waals surface area (Å²) >= 11 is 0. The van der Waals surface area contributed by atoms with E-state index in [4.69, 9.17) is 0 Å². The maximum absolute atomic E-state index is 9.74. The highest BCUT2D eigenvalue weighted by Gasteiger charge is 2.22. The van der Waals surface area contributed by atoms with E-state index in [2.05, 4.69) is 6.92 Å². The highest BCUT2D eigenvalue weighted by atomic mass is 16.3. The van der Waals surface area contributed by atoms with Gasteiger partial charge in [-0.05, 0) is 42.9 Å². The highest BCUT2D eigenvalue weighted by molar-refractivity contribution is 5.41. The Morgan fingerprint density at radius 3 is 2.40 bits per heavy atom. The van der Waals surface area contributed by atoms with Crippen molar-refractivity contribution in [1.29, 1.82) is 0 Å². The monoisotopic (exact) mass is 206 g/mol. The van der Waals surface area contributed by atoms with Crippen LogP contribution in [0.15, 0.2) is 18.2 Å². The number of phenols is 2. The summed E-state index contributed by atoms with van der Waals surface area (Å²) in [5.74, 6) is 1.81. The number of rotatable bonds is 1. The van der Waals surface area contributed by atoms with Crippen molar-refractivity contribution < 1.29 is 10.2 Å². The summed E-state index contributed by atoms with van der Waals surface area (Å²) in [4.78, 5) is 0. The molecule has 0 aliphatic heterocycles. The molecule has 2 heteroatoms. The van der Waals surface area contributed by atoms with Crippen molar-refractivity contribution in [2.75, 3.05) is 0 Å². The molecule has 15 heavy (non-hydrogen) atoms. The third-order valence-electron chi connectivity index (χ3n) is 3.47. The van der Waals surface area contributed by atoms with Gasteiger partial charge in [0.25, 0.3) is 0 Å². The molecule has 1 aromatic rings. The Balaban J connectivity index is 2.18. The molecule has 0 bridgehead atoms. The summed E-state index contributed by atoms with van der Waals surface area (Å²) in [6.45, 7) is 2.28. The summed E-state index contributed by atoms with van der Waals surface area (Å²) in [6.07, 6.45) is 4.69. The summed E-state index contributed by atoms with van der Waals surface area (Å²) in [5, 5.41) is 19.2. The van der Waals surface area contributed by atoms with Crippen molar-refractivity contribution >= 4 is 0 Å². The first kappa shape index (κ1) is 10.3. The molecule has 0 aromatic heterocycles. The highest BCUT2D eigenvalue weighted by Crippen LogP contribution is 2.40. The normalized spacial score (nSPS) is 26.5. The fourth-order valence-corrected chi connectivity index (χ4v) is 2.44. The fraction of sp³-hybridized carbons (Fsp3) is 0.538. The average molecular weight is 206 g/mol. The van der Waals surface area contributed by atoms with Crippen molar-refractivity contribution in [3.8, 4) is 11.5 Å². The van der Waals surface area contributed by atoms with Crippen LogP contribution in [0.3, 0.4) is 0 Å². The van der Waals surface area contributed by atoms with Gasteiger partial charge in [0.05, 0.1) is 0 Å². The predicted octanol–water partition coefficient (Wildman–Crippen LogP) is 3.39. The minimum atomic E-state index is 0.251. The Morgan fingerprint density at radius 1 is 1.07 bits per heavy atom. The van der Waals surface area contributed by atoms with Crippen LogP contribution in [0.5, 0.6) is 11.5 Å². The average Bonchev–Trinajstić information content (AvgIpc) is 2.23. The zero-order valence-electron chi connectivity index (χ0n) is 9.11. The first-order valence-corrected chi connectivity index (χ1v) is 5.68. The van der Waals surface area contributed by atoms with Crippen molar-refractivity contribution in [3.05, 3.63) is 23.8 Å². The van der Waals surface area contributed by atoms with Gasteiger partial charge in [-0.2, -0.15) is 0 Å². The lowest BCUT2D eigenvalue weighted by atomic mass is 9.79. The molecule has 2 N–H and O–H groups in total. The maximum atomic E-state index is 9.74. The third-order valence-corrected chi connectivity index (χ3v) is 3.47. The largest absolute Gasteiger partial charge is 0.508 e. The van der Waals surface area contributed by atoms with E-state index < -0.39 is 0 Å². The summed E-state index contributed by atoms with van der Waals surface area (Å²) in [6, 6.07) is 4.82. The Labute approximate surface area is 90.6 Å². The number of aromatic hydroxyl groups is 2. The van der Waals surface area contributed by atoms with E-state index in [0.29, 0.717) is 11.7 Å². The van der Waals surface area contributed by atoms with Crippen molar-refractivity contribution in [2.45, 2.75) is 38.5 Å². The SMILES string of the molecule is CC1CCC(c2cc(O)ccc2O)CC1. The van der Waals surface area contributed by atoms with Gasteiger partial charge in [0, 0.05) is 5.56 Å². The zero-order valence-corrected chi connectivity index (χ0v) is 9.11.